The van der Waals surface area contributed by atoms with Crippen molar-refractivity contribution >= 4 is 15.8 Å². The molecular weight excluding hydrogens is 312 g/mol. The van der Waals surface area contributed by atoms with Crippen LogP contribution in [0.15, 0.2) is 4.99 Å². The Labute approximate surface area is 141 Å². The molecule has 23 heavy (non-hydrogen) atoms. The van der Waals surface area contributed by atoms with Crippen LogP contribution in [0, 0.1) is 5.92 Å². The Hall–Kier alpha value is -0.820. The Bertz CT molecular complexity index is 470. The lowest BCUT2D eigenvalue weighted by Crippen LogP contribution is -2.41. The van der Waals surface area contributed by atoms with Crippen LogP contribution in [0.1, 0.15) is 38.5 Å². The fourth-order valence-corrected chi connectivity index (χ4v) is 5.23. The van der Waals surface area contributed by atoms with Crippen molar-refractivity contribution in [3.63, 3.8) is 0 Å². The van der Waals surface area contributed by atoms with E-state index in [1.54, 1.807) is 7.05 Å². The number of rotatable bonds is 6. The minimum atomic E-state index is -2.79. The van der Waals surface area contributed by atoms with Gasteiger partial charge in [0.2, 0.25) is 0 Å². The van der Waals surface area contributed by atoms with Crippen LogP contribution < -0.4 is 10.6 Å². The Morgan fingerprint density at radius 3 is 2.52 bits per heavy atom. The first-order valence-electron chi connectivity index (χ1n) is 8.96. The van der Waals surface area contributed by atoms with E-state index in [9.17, 15) is 8.42 Å². The molecular formula is C16H32N4O2S. The molecule has 2 aliphatic rings. The largest absolute Gasteiger partial charge is 0.356 e. The van der Waals surface area contributed by atoms with Gasteiger partial charge in [0.05, 0.1) is 11.5 Å². The average Bonchev–Trinajstić information content (AvgIpc) is 2.73. The van der Waals surface area contributed by atoms with Crippen LogP contribution in [0.5, 0.6) is 0 Å². The lowest BCUT2D eigenvalue weighted by atomic mass is 10.1. The van der Waals surface area contributed by atoms with E-state index in [0.717, 1.165) is 31.9 Å². The second-order valence-electron chi connectivity index (χ2n) is 6.76. The minimum Gasteiger partial charge on any atom is -0.356 e. The highest BCUT2D eigenvalue weighted by Crippen LogP contribution is 2.17. The molecule has 0 aromatic rings. The molecule has 0 aromatic heterocycles. The van der Waals surface area contributed by atoms with Gasteiger partial charge in [-0.2, -0.15) is 0 Å². The normalized spacial score (nSPS) is 26.0. The van der Waals surface area contributed by atoms with Gasteiger partial charge >= 0.3 is 0 Å². The predicted molar refractivity (Wildman–Crippen MR) is 95.7 cm³/mol. The summed E-state index contributed by atoms with van der Waals surface area (Å²) in [5, 5.41) is 6.59. The van der Waals surface area contributed by atoms with Crippen LogP contribution in [0.25, 0.3) is 0 Å². The Balaban J connectivity index is 1.58. The summed E-state index contributed by atoms with van der Waals surface area (Å²) in [6.45, 7) is 5.21. The van der Waals surface area contributed by atoms with Crippen molar-refractivity contribution in [2.75, 3.05) is 51.3 Å². The van der Waals surface area contributed by atoms with Gasteiger partial charge < -0.3 is 15.5 Å². The van der Waals surface area contributed by atoms with E-state index in [4.69, 9.17) is 0 Å². The Kier molecular flexibility index (Phi) is 7.62. The van der Waals surface area contributed by atoms with Crippen LogP contribution in [0.2, 0.25) is 0 Å². The van der Waals surface area contributed by atoms with Crippen LogP contribution in [0.4, 0.5) is 0 Å². The number of aliphatic imine (C=N–C) groups is 1. The van der Waals surface area contributed by atoms with Gasteiger partial charge in [0.1, 0.15) is 0 Å². The minimum absolute atomic E-state index is 0.218. The van der Waals surface area contributed by atoms with Crippen molar-refractivity contribution in [2.45, 2.75) is 38.5 Å². The zero-order valence-corrected chi connectivity index (χ0v) is 15.2. The fraction of sp³-hybridized carbons (Fsp3) is 0.938. The van der Waals surface area contributed by atoms with Crippen molar-refractivity contribution in [1.29, 1.82) is 0 Å². The van der Waals surface area contributed by atoms with Gasteiger partial charge in [-0.3, -0.25) is 4.99 Å². The smallest absolute Gasteiger partial charge is 0.190 e. The lowest BCUT2D eigenvalue weighted by molar-refractivity contribution is 0.282. The van der Waals surface area contributed by atoms with E-state index in [2.05, 4.69) is 20.5 Å². The quantitative estimate of drug-likeness (QED) is 0.425. The maximum Gasteiger partial charge on any atom is 0.190 e. The number of sulfone groups is 1. The van der Waals surface area contributed by atoms with Crippen LogP contribution in [-0.2, 0) is 9.84 Å². The van der Waals surface area contributed by atoms with Crippen molar-refractivity contribution in [1.82, 2.24) is 15.5 Å². The zero-order chi connectivity index (χ0) is 16.5. The molecule has 0 bridgehead atoms. The van der Waals surface area contributed by atoms with E-state index in [1.165, 1.54) is 38.8 Å². The monoisotopic (exact) mass is 344 g/mol. The van der Waals surface area contributed by atoms with Gasteiger partial charge in [0.15, 0.2) is 15.8 Å². The van der Waals surface area contributed by atoms with Gasteiger partial charge in [-0.1, -0.05) is 12.8 Å². The molecule has 6 nitrogen and oxygen atoms in total. The van der Waals surface area contributed by atoms with Gasteiger partial charge in [-0.15, -0.1) is 0 Å². The number of hydrogen-bond acceptors (Lipinski definition) is 4. The first-order valence-corrected chi connectivity index (χ1v) is 10.8. The summed E-state index contributed by atoms with van der Waals surface area (Å²) in [6, 6.07) is 0. The van der Waals surface area contributed by atoms with E-state index < -0.39 is 9.84 Å². The fourth-order valence-electron chi connectivity index (χ4n) is 3.36. The summed E-state index contributed by atoms with van der Waals surface area (Å²) in [5.41, 5.74) is 0. The highest BCUT2D eigenvalue weighted by molar-refractivity contribution is 7.91. The topological polar surface area (TPSA) is 73.8 Å². The van der Waals surface area contributed by atoms with E-state index in [-0.39, 0.29) is 5.92 Å². The third-order valence-corrected chi connectivity index (χ3v) is 6.59. The second-order valence-corrected chi connectivity index (χ2v) is 8.99. The molecule has 2 N–H and O–H groups in total. The van der Waals surface area contributed by atoms with Crippen molar-refractivity contribution < 1.29 is 8.42 Å². The average molecular weight is 345 g/mol. The molecule has 0 saturated carbocycles. The van der Waals surface area contributed by atoms with Crippen LogP contribution in [0.3, 0.4) is 0 Å². The second kappa shape index (κ2) is 9.47. The molecule has 1 unspecified atom stereocenters. The molecule has 2 rings (SSSR count). The maximum atomic E-state index is 11.5. The molecule has 0 amide bonds. The molecule has 2 heterocycles. The molecule has 2 saturated heterocycles. The molecule has 1 atom stereocenters. The zero-order valence-electron chi connectivity index (χ0n) is 14.4. The van der Waals surface area contributed by atoms with Crippen molar-refractivity contribution in [2.24, 2.45) is 10.9 Å². The van der Waals surface area contributed by atoms with E-state index in [1.807, 2.05) is 0 Å². The SMILES string of the molecule is CN=C(NCCCN1CCCCCC1)NCC1CCS(=O)(=O)C1. The predicted octanol–water partition coefficient (Wildman–Crippen LogP) is 0.852. The van der Waals surface area contributed by atoms with E-state index >= 15 is 0 Å². The molecule has 0 spiro atoms. The number of hydrogen-bond donors (Lipinski definition) is 2. The summed E-state index contributed by atoms with van der Waals surface area (Å²) in [7, 11) is -1.03. The standard InChI is InChI=1S/C16H32N4O2S/c1-17-16(19-13-15-7-12-23(21,22)14-15)18-8-6-11-20-9-4-2-3-5-10-20/h15H,2-14H2,1H3,(H2,17,18,19). The molecule has 0 aliphatic carbocycles. The van der Waals surface area contributed by atoms with Crippen LogP contribution >= 0.6 is 0 Å². The molecule has 2 fully saturated rings. The van der Waals surface area contributed by atoms with Gasteiger partial charge in [0, 0.05) is 20.1 Å². The maximum absolute atomic E-state index is 11.5. The van der Waals surface area contributed by atoms with Gasteiger partial charge in [-0.05, 0) is 51.2 Å². The first-order chi connectivity index (χ1) is 11.1. The number of nitrogens with one attached hydrogen (secondary N) is 2. The lowest BCUT2D eigenvalue weighted by Gasteiger charge is -2.20. The highest BCUT2D eigenvalue weighted by atomic mass is 32.2. The first kappa shape index (κ1) is 18.5. The Morgan fingerprint density at radius 1 is 1.17 bits per heavy atom. The molecule has 2 aliphatic heterocycles. The Morgan fingerprint density at radius 2 is 1.91 bits per heavy atom. The molecule has 7 heteroatoms. The van der Waals surface area contributed by atoms with Crippen LogP contribution in [-0.4, -0.2) is 70.6 Å². The molecule has 0 radical (unpaired) electrons. The summed E-state index contributed by atoms with van der Waals surface area (Å²) in [4.78, 5) is 6.78. The van der Waals surface area contributed by atoms with E-state index in [0.29, 0.717) is 18.1 Å². The van der Waals surface area contributed by atoms with Crippen molar-refractivity contribution in [3.8, 4) is 0 Å². The molecule has 0 aromatic carbocycles. The number of guanidine groups is 1. The van der Waals surface area contributed by atoms with Gasteiger partial charge in [0.25, 0.3) is 0 Å². The highest BCUT2D eigenvalue weighted by Gasteiger charge is 2.27. The summed E-state index contributed by atoms with van der Waals surface area (Å²) in [5.74, 6) is 1.65. The number of likely N-dealkylation sites (tertiary alicyclic amines) is 1. The third-order valence-electron chi connectivity index (χ3n) is 4.75. The van der Waals surface area contributed by atoms with Crippen molar-refractivity contribution in [3.05, 3.63) is 0 Å². The summed E-state index contributed by atoms with van der Waals surface area (Å²) < 4.78 is 22.9. The molecule has 134 valence electrons. The van der Waals surface area contributed by atoms with Gasteiger partial charge in [-0.25, -0.2) is 8.42 Å². The number of nitrogens with zero attached hydrogens (tertiary/aromatic N) is 2. The third kappa shape index (κ3) is 7.08. The summed E-state index contributed by atoms with van der Waals surface area (Å²) in [6.07, 6.45) is 7.30. The summed E-state index contributed by atoms with van der Waals surface area (Å²) >= 11 is 0.